The Morgan fingerprint density at radius 2 is 2.15 bits per heavy atom. The number of benzene rings is 2. The minimum atomic E-state index is -0.358. The summed E-state index contributed by atoms with van der Waals surface area (Å²) in [6.45, 7) is 2.74. The first-order valence-electron chi connectivity index (χ1n) is 10.7. The SMILES string of the molecule is Cc1cc(F)ccc1NC(=O)CSc1nc2c(oc3ccccc32)c(=O)n1C[C@H]1CCCO1. The van der Waals surface area contributed by atoms with Crippen molar-refractivity contribution in [3.05, 3.63) is 64.2 Å². The highest BCUT2D eigenvalue weighted by Gasteiger charge is 2.23. The Morgan fingerprint density at radius 1 is 1.30 bits per heavy atom. The van der Waals surface area contributed by atoms with Gasteiger partial charge in [-0.1, -0.05) is 23.9 Å². The molecule has 0 unspecified atom stereocenters. The Morgan fingerprint density at radius 3 is 2.94 bits per heavy atom. The number of ether oxygens (including phenoxy) is 1. The summed E-state index contributed by atoms with van der Waals surface area (Å²) in [5.41, 5.74) is 2.16. The number of carbonyl (C=O) groups is 1. The fourth-order valence-electron chi connectivity index (χ4n) is 4.00. The fraction of sp³-hybridized carbons (Fsp3) is 0.292. The second-order valence-electron chi connectivity index (χ2n) is 8.02. The summed E-state index contributed by atoms with van der Waals surface area (Å²) in [6, 6.07) is 11.6. The lowest BCUT2D eigenvalue weighted by molar-refractivity contribution is -0.113. The highest BCUT2D eigenvalue weighted by atomic mass is 32.2. The number of hydrogen-bond donors (Lipinski definition) is 1. The van der Waals surface area contributed by atoms with Gasteiger partial charge in [-0.15, -0.1) is 0 Å². The van der Waals surface area contributed by atoms with Crippen LogP contribution in [0.25, 0.3) is 22.1 Å². The van der Waals surface area contributed by atoms with Crippen LogP contribution in [-0.2, 0) is 16.1 Å². The monoisotopic (exact) mass is 467 g/mol. The van der Waals surface area contributed by atoms with Crippen LogP contribution >= 0.6 is 11.8 Å². The molecule has 2 aromatic carbocycles. The molecule has 1 saturated heterocycles. The molecule has 33 heavy (non-hydrogen) atoms. The van der Waals surface area contributed by atoms with E-state index in [9.17, 15) is 14.0 Å². The summed E-state index contributed by atoms with van der Waals surface area (Å²) in [4.78, 5) is 30.7. The average molecular weight is 468 g/mol. The molecule has 7 nitrogen and oxygen atoms in total. The highest BCUT2D eigenvalue weighted by Crippen LogP contribution is 2.28. The van der Waals surface area contributed by atoms with Gasteiger partial charge >= 0.3 is 0 Å². The van der Waals surface area contributed by atoms with Crippen molar-refractivity contribution in [3.8, 4) is 0 Å². The van der Waals surface area contributed by atoms with E-state index in [2.05, 4.69) is 5.32 Å². The Bertz CT molecular complexity index is 1410. The summed E-state index contributed by atoms with van der Waals surface area (Å²) in [6.07, 6.45) is 1.72. The van der Waals surface area contributed by atoms with Crippen molar-refractivity contribution in [2.24, 2.45) is 0 Å². The number of thioether (sulfide) groups is 1. The summed E-state index contributed by atoms with van der Waals surface area (Å²) < 4.78 is 26.4. The summed E-state index contributed by atoms with van der Waals surface area (Å²) in [5, 5.41) is 3.97. The molecule has 1 fully saturated rings. The van der Waals surface area contributed by atoms with Crippen molar-refractivity contribution < 1.29 is 18.3 Å². The third-order valence-electron chi connectivity index (χ3n) is 5.65. The van der Waals surface area contributed by atoms with E-state index in [1.165, 1.54) is 30.0 Å². The quantitative estimate of drug-likeness (QED) is 0.332. The maximum Gasteiger partial charge on any atom is 0.297 e. The average Bonchev–Trinajstić information content (AvgIpc) is 3.44. The highest BCUT2D eigenvalue weighted by molar-refractivity contribution is 7.99. The predicted molar refractivity (Wildman–Crippen MR) is 125 cm³/mol. The third kappa shape index (κ3) is 4.38. The van der Waals surface area contributed by atoms with Gasteiger partial charge in [0.05, 0.1) is 18.4 Å². The first-order valence-corrected chi connectivity index (χ1v) is 11.7. The van der Waals surface area contributed by atoms with Crippen LogP contribution in [0.5, 0.6) is 0 Å². The van der Waals surface area contributed by atoms with Crippen LogP contribution in [0.2, 0.25) is 0 Å². The molecule has 1 atom stereocenters. The van der Waals surface area contributed by atoms with Gasteiger partial charge in [0, 0.05) is 17.7 Å². The molecule has 170 valence electrons. The molecule has 0 bridgehead atoms. The van der Waals surface area contributed by atoms with Crippen molar-refractivity contribution in [2.45, 2.75) is 37.6 Å². The zero-order valence-corrected chi connectivity index (χ0v) is 18.8. The van der Waals surface area contributed by atoms with E-state index in [4.69, 9.17) is 14.1 Å². The van der Waals surface area contributed by atoms with Crippen LogP contribution in [0, 0.1) is 12.7 Å². The lowest BCUT2D eigenvalue weighted by Crippen LogP contribution is -2.29. The van der Waals surface area contributed by atoms with E-state index in [1.807, 2.05) is 18.2 Å². The lowest BCUT2D eigenvalue weighted by atomic mass is 10.2. The number of aryl methyl sites for hydroxylation is 1. The van der Waals surface area contributed by atoms with E-state index in [1.54, 1.807) is 17.6 Å². The summed E-state index contributed by atoms with van der Waals surface area (Å²) in [7, 11) is 0. The standard InChI is InChI=1S/C24H22FN3O4S/c1-14-11-15(25)8-9-18(14)26-20(29)13-33-24-27-21-17-6-2-3-7-19(17)32-22(21)23(30)28(24)12-16-5-4-10-31-16/h2-3,6-9,11,16H,4-5,10,12-13H2,1H3,(H,26,29)/t16-/m1/s1. The van der Waals surface area contributed by atoms with Crippen LogP contribution in [0.1, 0.15) is 18.4 Å². The number of amides is 1. The maximum absolute atomic E-state index is 13.3. The molecule has 1 aliphatic rings. The van der Waals surface area contributed by atoms with Crippen LogP contribution < -0.4 is 10.9 Å². The van der Waals surface area contributed by atoms with Crippen molar-refractivity contribution >= 4 is 45.4 Å². The van der Waals surface area contributed by atoms with E-state index < -0.39 is 0 Å². The Kier molecular flexibility index (Phi) is 5.90. The molecule has 0 spiro atoms. The molecule has 0 radical (unpaired) electrons. The molecule has 5 rings (SSSR count). The number of carbonyl (C=O) groups excluding carboxylic acids is 1. The van der Waals surface area contributed by atoms with Gasteiger partial charge in [-0.05, 0) is 55.7 Å². The largest absolute Gasteiger partial charge is 0.448 e. The van der Waals surface area contributed by atoms with Gasteiger partial charge in [0.2, 0.25) is 11.5 Å². The molecule has 1 aliphatic heterocycles. The van der Waals surface area contributed by atoms with Crippen molar-refractivity contribution in [3.63, 3.8) is 0 Å². The number of halogens is 1. The zero-order chi connectivity index (χ0) is 22.9. The van der Waals surface area contributed by atoms with Gasteiger partial charge in [0.15, 0.2) is 5.16 Å². The third-order valence-corrected chi connectivity index (χ3v) is 6.63. The molecule has 4 aromatic rings. The fourth-order valence-corrected chi connectivity index (χ4v) is 4.80. The molecule has 0 saturated carbocycles. The van der Waals surface area contributed by atoms with Gasteiger partial charge in [0.1, 0.15) is 16.9 Å². The molecule has 1 N–H and O–H groups in total. The van der Waals surface area contributed by atoms with E-state index in [0.29, 0.717) is 40.7 Å². The molecular formula is C24H22FN3O4S. The van der Waals surface area contributed by atoms with Crippen molar-refractivity contribution in [1.82, 2.24) is 9.55 Å². The van der Waals surface area contributed by atoms with E-state index >= 15 is 0 Å². The number of aromatic nitrogens is 2. The summed E-state index contributed by atoms with van der Waals surface area (Å²) >= 11 is 1.18. The van der Waals surface area contributed by atoms with Gasteiger partial charge < -0.3 is 14.5 Å². The first kappa shape index (κ1) is 21.7. The number of furan rings is 1. The van der Waals surface area contributed by atoms with Crippen LogP contribution in [0.15, 0.2) is 56.8 Å². The number of anilines is 1. The molecular weight excluding hydrogens is 445 g/mol. The topological polar surface area (TPSA) is 86.4 Å². The molecule has 1 amide bonds. The number of fused-ring (bicyclic) bond motifs is 3. The second-order valence-corrected chi connectivity index (χ2v) is 8.96. The lowest BCUT2D eigenvalue weighted by Gasteiger charge is -2.15. The zero-order valence-electron chi connectivity index (χ0n) is 18.0. The predicted octanol–water partition coefficient (Wildman–Crippen LogP) is 4.50. The van der Waals surface area contributed by atoms with Crippen molar-refractivity contribution in [2.75, 3.05) is 17.7 Å². The van der Waals surface area contributed by atoms with Crippen LogP contribution in [-0.4, -0.2) is 33.9 Å². The Labute approximate surface area is 192 Å². The Balaban J connectivity index is 1.46. The number of para-hydroxylation sites is 1. The number of nitrogens with one attached hydrogen (secondary N) is 1. The molecule has 9 heteroatoms. The number of nitrogens with zero attached hydrogens (tertiary/aromatic N) is 2. The first-order chi connectivity index (χ1) is 16.0. The molecule has 2 aromatic heterocycles. The normalized spacial score (nSPS) is 16.0. The van der Waals surface area contributed by atoms with Crippen LogP contribution in [0.4, 0.5) is 10.1 Å². The molecule has 0 aliphatic carbocycles. The number of hydrogen-bond acceptors (Lipinski definition) is 6. The van der Waals surface area contributed by atoms with E-state index in [0.717, 1.165) is 18.2 Å². The van der Waals surface area contributed by atoms with Crippen LogP contribution in [0.3, 0.4) is 0 Å². The van der Waals surface area contributed by atoms with Gasteiger partial charge in [-0.25, -0.2) is 9.37 Å². The molecule has 3 heterocycles. The van der Waals surface area contributed by atoms with Gasteiger partial charge in [-0.3, -0.25) is 14.2 Å². The Hall–Kier alpha value is -3.17. The van der Waals surface area contributed by atoms with Gasteiger partial charge in [-0.2, -0.15) is 0 Å². The van der Waals surface area contributed by atoms with E-state index in [-0.39, 0.29) is 34.7 Å². The second kappa shape index (κ2) is 8.99. The minimum Gasteiger partial charge on any atom is -0.448 e. The van der Waals surface area contributed by atoms with Crippen molar-refractivity contribution in [1.29, 1.82) is 0 Å². The van der Waals surface area contributed by atoms with Gasteiger partial charge in [0.25, 0.3) is 5.56 Å². The maximum atomic E-state index is 13.3. The minimum absolute atomic E-state index is 0.0378. The number of rotatable bonds is 6. The summed E-state index contributed by atoms with van der Waals surface area (Å²) in [5.74, 6) is -0.594. The smallest absolute Gasteiger partial charge is 0.297 e.